The van der Waals surface area contributed by atoms with E-state index in [1.54, 1.807) is 0 Å². The summed E-state index contributed by atoms with van der Waals surface area (Å²) in [6, 6.07) is 4.26. The summed E-state index contributed by atoms with van der Waals surface area (Å²) in [4.78, 5) is 0. The quantitative estimate of drug-likeness (QED) is 0.862. The summed E-state index contributed by atoms with van der Waals surface area (Å²) in [7, 11) is 0. The zero-order valence-corrected chi connectivity index (χ0v) is 13.1. The number of aryl methyl sites for hydroxylation is 1. The average molecular weight is 363 g/mol. The van der Waals surface area contributed by atoms with Gasteiger partial charge in [-0.1, -0.05) is 0 Å². The molecule has 2 nitrogen and oxygen atoms in total. The number of nitrogens with one attached hydrogen (secondary N) is 1. The molecule has 0 bridgehead atoms. The van der Waals surface area contributed by atoms with Crippen LogP contribution >= 0.6 is 31.9 Å². The molecule has 1 aromatic rings. The molecule has 0 amide bonds. The third-order valence-electron chi connectivity index (χ3n) is 3.01. The molecule has 1 N–H and O–H groups in total. The summed E-state index contributed by atoms with van der Waals surface area (Å²) in [5.74, 6) is 0.629. The van der Waals surface area contributed by atoms with E-state index in [1.807, 2.05) is 0 Å². The molecular formula is C13H17Br2NO. The van der Waals surface area contributed by atoms with Crippen molar-refractivity contribution in [3.05, 3.63) is 26.6 Å². The van der Waals surface area contributed by atoms with Gasteiger partial charge in [-0.25, -0.2) is 0 Å². The van der Waals surface area contributed by atoms with Crippen LogP contribution in [0, 0.1) is 12.8 Å². The van der Waals surface area contributed by atoms with Crippen LogP contribution in [0.15, 0.2) is 21.1 Å². The molecule has 1 aromatic carbocycles. The molecule has 0 saturated carbocycles. The van der Waals surface area contributed by atoms with Crippen LogP contribution in [-0.2, 0) is 4.74 Å². The molecule has 1 unspecified atom stereocenters. The van der Waals surface area contributed by atoms with E-state index in [0.29, 0.717) is 5.92 Å². The third-order valence-corrected chi connectivity index (χ3v) is 4.26. The first-order valence-electron chi connectivity index (χ1n) is 5.94. The number of ether oxygens (including phenoxy) is 1. The fourth-order valence-corrected chi connectivity index (χ4v) is 3.78. The largest absolute Gasteiger partial charge is 0.383 e. The second-order valence-electron chi connectivity index (χ2n) is 4.57. The standard InChI is InChI=1S/C13H17Br2NO/c1-9-5-11(14)13(12(15)6-9)16-7-10-3-2-4-17-8-10/h5-6,10,16H,2-4,7-8H2,1H3. The van der Waals surface area contributed by atoms with Crippen molar-refractivity contribution < 1.29 is 4.74 Å². The Labute approximate surface area is 119 Å². The molecule has 1 aliphatic heterocycles. The van der Waals surface area contributed by atoms with Crippen LogP contribution in [-0.4, -0.2) is 19.8 Å². The van der Waals surface area contributed by atoms with E-state index in [0.717, 1.165) is 34.4 Å². The first kappa shape index (κ1) is 13.4. The molecule has 0 aliphatic carbocycles. The summed E-state index contributed by atoms with van der Waals surface area (Å²) in [6.45, 7) is 4.87. The minimum atomic E-state index is 0.629. The lowest BCUT2D eigenvalue weighted by Gasteiger charge is -2.23. The normalized spacial score (nSPS) is 20.3. The number of hydrogen-bond donors (Lipinski definition) is 1. The van der Waals surface area contributed by atoms with Crippen molar-refractivity contribution >= 4 is 37.5 Å². The van der Waals surface area contributed by atoms with Crippen LogP contribution < -0.4 is 5.32 Å². The third kappa shape index (κ3) is 3.70. The highest BCUT2D eigenvalue weighted by Gasteiger charge is 2.14. The van der Waals surface area contributed by atoms with E-state index < -0.39 is 0 Å². The van der Waals surface area contributed by atoms with Gasteiger partial charge in [-0.05, 0) is 75.2 Å². The van der Waals surface area contributed by atoms with Crippen molar-refractivity contribution in [3.63, 3.8) is 0 Å². The van der Waals surface area contributed by atoms with E-state index in [1.165, 1.54) is 18.4 Å². The van der Waals surface area contributed by atoms with E-state index >= 15 is 0 Å². The van der Waals surface area contributed by atoms with Crippen molar-refractivity contribution in [2.24, 2.45) is 5.92 Å². The predicted octanol–water partition coefficient (Wildman–Crippen LogP) is 4.36. The van der Waals surface area contributed by atoms with Gasteiger partial charge in [0.1, 0.15) is 0 Å². The maximum absolute atomic E-state index is 5.49. The Hall–Kier alpha value is -0.0600. The monoisotopic (exact) mass is 361 g/mol. The second-order valence-corrected chi connectivity index (χ2v) is 6.28. The highest BCUT2D eigenvalue weighted by Crippen LogP contribution is 2.32. The molecule has 1 fully saturated rings. The Morgan fingerprint density at radius 1 is 1.35 bits per heavy atom. The maximum Gasteiger partial charge on any atom is 0.0629 e. The Morgan fingerprint density at radius 3 is 2.65 bits per heavy atom. The molecule has 1 saturated heterocycles. The Balaban J connectivity index is 1.98. The van der Waals surface area contributed by atoms with Gasteiger partial charge < -0.3 is 10.1 Å². The van der Waals surface area contributed by atoms with Crippen LogP contribution in [0.2, 0.25) is 0 Å². The van der Waals surface area contributed by atoms with Crippen LogP contribution in [0.25, 0.3) is 0 Å². The van der Waals surface area contributed by atoms with E-state index in [2.05, 4.69) is 56.2 Å². The minimum absolute atomic E-state index is 0.629. The molecule has 0 spiro atoms. The lowest BCUT2D eigenvalue weighted by molar-refractivity contribution is 0.0595. The molecule has 0 aromatic heterocycles. The topological polar surface area (TPSA) is 21.3 Å². The molecular weight excluding hydrogens is 346 g/mol. The Morgan fingerprint density at radius 2 is 2.06 bits per heavy atom. The summed E-state index contributed by atoms with van der Waals surface area (Å²) < 4.78 is 7.71. The molecule has 2 rings (SSSR count). The zero-order chi connectivity index (χ0) is 12.3. The van der Waals surface area contributed by atoms with Gasteiger partial charge in [-0.2, -0.15) is 0 Å². The van der Waals surface area contributed by atoms with Gasteiger partial charge in [0.05, 0.1) is 12.3 Å². The number of rotatable bonds is 3. The first-order chi connectivity index (χ1) is 8.16. The van der Waals surface area contributed by atoms with Gasteiger partial charge in [-0.3, -0.25) is 0 Å². The van der Waals surface area contributed by atoms with E-state index in [9.17, 15) is 0 Å². The molecule has 17 heavy (non-hydrogen) atoms. The smallest absolute Gasteiger partial charge is 0.0629 e. The molecule has 94 valence electrons. The first-order valence-corrected chi connectivity index (χ1v) is 7.52. The molecule has 1 aliphatic rings. The van der Waals surface area contributed by atoms with Crippen molar-refractivity contribution in [1.82, 2.24) is 0 Å². The summed E-state index contributed by atoms with van der Waals surface area (Å²) >= 11 is 7.20. The van der Waals surface area contributed by atoms with Crippen molar-refractivity contribution in [2.75, 3.05) is 25.1 Å². The van der Waals surface area contributed by atoms with Gasteiger partial charge in [0.2, 0.25) is 0 Å². The van der Waals surface area contributed by atoms with Gasteiger partial charge >= 0.3 is 0 Å². The number of anilines is 1. The lowest BCUT2D eigenvalue weighted by Crippen LogP contribution is -2.24. The van der Waals surface area contributed by atoms with Crippen molar-refractivity contribution in [2.45, 2.75) is 19.8 Å². The van der Waals surface area contributed by atoms with Crippen molar-refractivity contribution in [3.8, 4) is 0 Å². The fourth-order valence-electron chi connectivity index (χ4n) is 2.08. The van der Waals surface area contributed by atoms with Gasteiger partial charge in [0, 0.05) is 22.1 Å². The van der Waals surface area contributed by atoms with Crippen molar-refractivity contribution in [1.29, 1.82) is 0 Å². The highest BCUT2D eigenvalue weighted by molar-refractivity contribution is 9.11. The zero-order valence-electron chi connectivity index (χ0n) is 9.93. The maximum atomic E-state index is 5.49. The van der Waals surface area contributed by atoms with E-state index in [4.69, 9.17) is 4.74 Å². The number of halogens is 2. The van der Waals surface area contributed by atoms with E-state index in [-0.39, 0.29) is 0 Å². The number of hydrogen-bond acceptors (Lipinski definition) is 2. The van der Waals surface area contributed by atoms with Crippen LogP contribution in [0.4, 0.5) is 5.69 Å². The lowest BCUT2D eigenvalue weighted by atomic mass is 10.0. The SMILES string of the molecule is Cc1cc(Br)c(NCC2CCCOC2)c(Br)c1. The van der Waals surface area contributed by atoms with Gasteiger partial charge in [-0.15, -0.1) is 0 Å². The molecule has 0 radical (unpaired) electrons. The minimum Gasteiger partial charge on any atom is -0.383 e. The average Bonchev–Trinajstić information content (AvgIpc) is 2.29. The summed E-state index contributed by atoms with van der Waals surface area (Å²) in [6.07, 6.45) is 2.44. The summed E-state index contributed by atoms with van der Waals surface area (Å²) in [5, 5.41) is 3.50. The molecule has 1 atom stereocenters. The van der Waals surface area contributed by atoms with Crippen LogP contribution in [0.3, 0.4) is 0 Å². The number of benzene rings is 1. The van der Waals surface area contributed by atoms with Crippen LogP contribution in [0.1, 0.15) is 18.4 Å². The predicted molar refractivity (Wildman–Crippen MR) is 78.6 cm³/mol. The van der Waals surface area contributed by atoms with Crippen LogP contribution in [0.5, 0.6) is 0 Å². The summed E-state index contributed by atoms with van der Waals surface area (Å²) in [5.41, 5.74) is 2.39. The van der Waals surface area contributed by atoms with Gasteiger partial charge in [0.25, 0.3) is 0 Å². The van der Waals surface area contributed by atoms with Gasteiger partial charge in [0.15, 0.2) is 0 Å². The molecule has 1 heterocycles. The highest BCUT2D eigenvalue weighted by atomic mass is 79.9. The molecule has 4 heteroatoms. The Kier molecular flexibility index (Phi) is 4.88. The Bertz CT molecular complexity index is 366. The second kappa shape index (κ2) is 6.21. The fraction of sp³-hybridized carbons (Fsp3) is 0.538.